The molecule has 2 rings (SSSR count). The minimum atomic E-state index is -0.487. The number of hydrogen-bond donors (Lipinski definition) is 1. The Labute approximate surface area is 104 Å². The molecule has 1 saturated heterocycles. The molecule has 1 amide bonds. The summed E-state index contributed by atoms with van der Waals surface area (Å²) < 4.78 is 0. The molecule has 0 radical (unpaired) electrons. The van der Waals surface area contributed by atoms with E-state index in [0.717, 1.165) is 38.3 Å². The Balaban J connectivity index is 0.00000128. The second-order valence-electron chi connectivity index (χ2n) is 5.15. The normalized spacial score (nSPS) is 24.5. The van der Waals surface area contributed by atoms with Crippen LogP contribution in [0, 0.1) is 5.92 Å². The van der Waals surface area contributed by atoms with Gasteiger partial charge in [0, 0.05) is 13.1 Å². The van der Waals surface area contributed by atoms with E-state index in [-0.39, 0.29) is 18.3 Å². The molecule has 1 aliphatic heterocycles. The predicted molar refractivity (Wildman–Crippen MR) is 67.6 cm³/mol. The van der Waals surface area contributed by atoms with Gasteiger partial charge in [-0.3, -0.25) is 4.79 Å². The number of halogens is 1. The fourth-order valence-electron chi connectivity index (χ4n) is 2.63. The number of carbonyl (C=O) groups is 1. The summed E-state index contributed by atoms with van der Waals surface area (Å²) in [6.45, 7) is 4.09. The van der Waals surface area contributed by atoms with Gasteiger partial charge in [-0.05, 0) is 38.0 Å². The zero-order valence-corrected chi connectivity index (χ0v) is 10.9. The first kappa shape index (κ1) is 13.8. The lowest BCUT2D eigenvalue weighted by Gasteiger charge is -2.42. The Morgan fingerprint density at radius 2 is 1.94 bits per heavy atom. The number of hydrogen-bond acceptors (Lipinski definition) is 2. The third-order valence-electron chi connectivity index (χ3n) is 4.15. The summed E-state index contributed by atoms with van der Waals surface area (Å²) in [5.41, 5.74) is 5.57. The largest absolute Gasteiger partial charge is 0.341 e. The number of likely N-dealkylation sites (tertiary alicyclic amines) is 1. The molecule has 0 spiro atoms. The van der Waals surface area contributed by atoms with E-state index in [9.17, 15) is 4.79 Å². The van der Waals surface area contributed by atoms with Crippen molar-refractivity contribution in [1.82, 2.24) is 4.90 Å². The lowest BCUT2D eigenvalue weighted by atomic mass is 9.76. The van der Waals surface area contributed by atoms with Crippen molar-refractivity contribution in [3.8, 4) is 0 Å². The van der Waals surface area contributed by atoms with Crippen molar-refractivity contribution in [3.63, 3.8) is 0 Å². The third kappa shape index (κ3) is 2.51. The monoisotopic (exact) mass is 246 g/mol. The number of carbonyl (C=O) groups excluding carboxylic acids is 1. The van der Waals surface area contributed by atoms with E-state index in [1.807, 2.05) is 4.90 Å². The van der Waals surface area contributed by atoms with E-state index >= 15 is 0 Å². The van der Waals surface area contributed by atoms with E-state index in [1.165, 1.54) is 19.3 Å². The van der Waals surface area contributed by atoms with Crippen molar-refractivity contribution in [3.05, 3.63) is 0 Å². The number of nitrogens with zero attached hydrogens (tertiary/aromatic N) is 1. The summed E-state index contributed by atoms with van der Waals surface area (Å²) >= 11 is 0. The summed E-state index contributed by atoms with van der Waals surface area (Å²) in [7, 11) is 0. The van der Waals surface area contributed by atoms with E-state index in [2.05, 4.69) is 6.92 Å². The van der Waals surface area contributed by atoms with Crippen LogP contribution in [-0.4, -0.2) is 29.4 Å². The van der Waals surface area contributed by atoms with Crippen LogP contribution in [0.1, 0.15) is 45.4 Å². The number of nitrogens with two attached hydrogens (primary N) is 1. The molecule has 4 heteroatoms. The molecule has 3 nitrogen and oxygen atoms in total. The highest BCUT2D eigenvalue weighted by Crippen LogP contribution is 2.32. The molecule has 0 atom stereocenters. The van der Waals surface area contributed by atoms with Gasteiger partial charge in [-0.15, -0.1) is 12.4 Å². The van der Waals surface area contributed by atoms with Crippen LogP contribution >= 0.6 is 12.4 Å². The van der Waals surface area contributed by atoms with Crippen LogP contribution in [0.4, 0.5) is 0 Å². The molecular weight excluding hydrogens is 224 g/mol. The highest BCUT2D eigenvalue weighted by atomic mass is 35.5. The van der Waals surface area contributed by atoms with E-state index in [4.69, 9.17) is 5.73 Å². The van der Waals surface area contributed by atoms with Gasteiger partial charge < -0.3 is 10.6 Å². The first-order chi connectivity index (χ1) is 7.15. The number of piperidine rings is 1. The van der Waals surface area contributed by atoms with Crippen LogP contribution in [0.25, 0.3) is 0 Å². The Hall–Kier alpha value is -0.280. The van der Waals surface area contributed by atoms with E-state index < -0.39 is 5.54 Å². The minimum Gasteiger partial charge on any atom is -0.341 e. The lowest BCUT2D eigenvalue weighted by molar-refractivity contribution is -0.141. The fraction of sp³-hybridized carbons (Fsp3) is 0.917. The molecule has 0 aromatic carbocycles. The topological polar surface area (TPSA) is 46.3 Å². The Morgan fingerprint density at radius 1 is 1.38 bits per heavy atom. The minimum absolute atomic E-state index is 0. The maximum atomic E-state index is 12.1. The van der Waals surface area contributed by atoms with Crippen molar-refractivity contribution in [2.24, 2.45) is 11.7 Å². The first-order valence-electron chi connectivity index (χ1n) is 6.24. The lowest BCUT2D eigenvalue weighted by Crippen LogP contribution is -2.60. The molecule has 0 aromatic heterocycles. The third-order valence-corrected chi connectivity index (χ3v) is 4.15. The second-order valence-corrected chi connectivity index (χ2v) is 5.15. The molecule has 16 heavy (non-hydrogen) atoms. The zero-order valence-electron chi connectivity index (χ0n) is 10.1. The van der Waals surface area contributed by atoms with Gasteiger partial charge in [0.05, 0.1) is 5.54 Å². The molecule has 94 valence electrons. The molecule has 2 aliphatic rings. The first-order valence-corrected chi connectivity index (χ1v) is 6.24. The highest BCUT2D eigenvalue weighted by molar-refractivity contribution is 5.87. The second kappa shape index (κ2) is 5.37. The fourth-order valence-corrected chi connectivity index (χ4v) is 2.63. The van der Waals surface area contributed by atoms with Crippen molar-refractivity contribution >= 4 is 18.3 Å². The number of rotatable bonds is 2. The van der Waals surface area contributed by atoms with Crippen molar-refractivity contribution in [2.45, 2.75) is 51.0 Å². The summed E-state index contributed by atoms with van der Waals surface area (Å²) in [6, 6.07) is 0. The van der Waals surface area contributed by atoms with Gasteiger partial charge in [-0.1, -0.05) is 13.3 Å². The predicted octanol–water partition coefficient (Wildman–Crippen LogP) is 1.94. The summed E-state index contributed by atoms with van der Waals surface area (Å²) in [6.07, 6.45) is 6.47. The van der Waals surface area contributed by atoms with Gasteiger partial charge in [0.2, 0.25) is 5.91 Å². The molecule has 0 unspecified atom stereocenters. The molecule has 2 N–H and O–H groups in total. The Bertz CT molecular complexity index is 245. The van der Waals surface area contributed by atoms with Gasteiger partial charge in [0.1, 0.15) is 0 Å². The maximum Gasteiger partial charge on any atom is 0.242 e. The van der Waals surface area contributed by atoms with Crippen LogP contribution in [0.5, 0.6) is 0 Å². The molecule has 0 aromatic rings. The van der Waals surface area contributed by atoms with Crippen LogP contribution in [0.3, 0.4) is 0 Å². The summed E-state index contributed by atoms with van der Waals surface area (Å²) in [4.78, 5) is 14.1. The van der Waals surface area contributed by atoms with Gasteiger partial charge in [0.15, 0.2) is 0 Å². The van der Waals surface area contributed by atoms with Crippen molar-refractivity contribution < 1.29 is 4.79 Å². The SMILES string of the molecule is CCC1CCN(C(=O)C2(N)CCC2)CC1.Cl. The van der Waals surface area contributed by atoms with Crippen LogP contribution in [0.15, 0.2) is 0 Å². The van der Waals surface area contributed by atoms with Crippen LogP contribution < -0.4 is 5.73 Å². The molecule has 0 bridgehead atoms. The quantitative estimate of drug-likeness (QED) is 0.810. The van der Waals surface area contributed by atoms with Crippen molar-refractivity contribution in [1.29, 1.82) is 0 Å². The molecule has 1 aliphatic carbocycles. The Morgan fingerprint density at radius 3 is 2.31 bits per heavy atom. The Kier molecular flexibility index (Phi) is 4.62. The summed E-state index contributed by atoms with van der Waals surface area (Å²) in [5, 5.41) is 0. The van der Waals surface area contributed by atoms with Gasteiger partial charge in [-0.2, -0.15) is 0 Å². The van der Waals surface area contributed by atoms with Gasteiger partial charge >= 0.3 is 0 Å². The van der Waals surface area contributed by atoms with Crippen molar-refractivity contribution in [2.75, 3.05) is 13.1 Å². The maximum absolute atomic E-state index is 12.1. The average molecular weight is 247 g/mol. The van der Waals surface area contributed by atoms with E-state index in [1.54, 1.807) is 0 Å². The molecule has 1 saturated carbocycles. The molecule has 2 fully saturated rings. The van der Waals surface area contributed by atoms with Gasteiger partial charge in [-0.25, -0.2) is 0 Å². The summed E-state index contributed by atoms with van der Waals surface area (Å²) in [5.74, 6) is 1.03. The highest BCUT2D eigenvalue weighted by Gasteiger charge is 2.43. The van der Waals surface area contributed by atoms with Crippen LogP contribution in [-0.2, 0) is 4.79 Å². The average Bonchev–Trinajstić information content (AvgIpc) is 2.25. The number of amides is 1. The molecular formula is C12H23ClN2O. The smallest absolute Gasteiger partial charge is 0.242 e. The zero-order chi connectivity index (χ0) is 10.9. The van der Waals surface area contributed by atoms with Crippen LogP contribution in [0.2, 0.25) is 0 Å². The van der Waals surface area contributed by atoms with E-state index in [0.29, 0.717) is 0 Å². The van der Waals surface area contributed by atoms with Gasteiger partial charge in [0.25, 0.3) is 0 Å². The molecule has 1 heterocycles. The standard InChI is InChI=1S/C12H22N2O.ClH/c1-2-10-4-8-14(9-5-10)11(15)12(13)6-3-7-12;/h10H,2-9,13H2,1H3;1H.